The summed E-state index contributed by atoms with van der Waals surface area (Å²) in [5.74, 6) is -5.82. The molecule has 0 unspecified atom stereocenters. The van der Waals surface area contributed by atoms with E-state index < -0.39 is 85.6 Å². The van der Waals surface area contributed by atoms with E-state index in [4.69, 9.17) is 28.4 Å². The summed E-state index contributed by atoms with van der Waals surface area (Å²) in [5.41, 5.74) is 0.993. The number of rotatable bonds is 13. The fourth-order valence-electron chi connectivity index (χ4n) is 5.53. The predicted octanol–water partition coefficient (Wildman–Crippen LogP) is -0.213. The van der Waals surface area contributed by atoms with Gasteiger partial charge in [-0.15, -0.1) is 0 Å². The molecule has 0 radical (unpaired) electrons. The van der Waals surface area contributed by atoms with E-state index in [1.807, 2.05) is 0 Å². The molecule has 2 aliphatic rings. The van der Waals surface area contributed by atoms with E-state index in [1.165, 1.54) is 61.7 Å². The van der Waals surface area contributed by atoms with E-state index in [0.717, 1.165) is 19.1 Å². The van der Waals surface area contributed by atoms with Crippen molar-refractivity contribution in [1.29, 1.82) is 0 Å². The van der Waals surface area contributed by atoms with Crippen molar-refractivity contribution in [2.24, 2.45) is 5.92 Å². The Bertz CT molecular complexity index is 1540. The van der Waals surface area contributed by atoms with Crippen LogP contribution in [-0.4, -0.2) is 129 Å². The van der Waals surface area contributed by atoms with E-state index in [2.05, 4.69) is 0 Å². The molecule has 2 aromatic rings. The average molecular weight is 705 g/mol. The predicted molar refractivity (Wildman–Crippen MR) is 170 cm³/mol. The van der Waals surface area contributed by atoms with Gasteiger partial charge in [-0.05, 0) is 54.0 Å². The molecular weight excluding hydrogens is 664 g/mol. The van der Waals surface area contributed by atoms with Crippen LogP contribution in [0, 0.1) is 5.92 Å². The van der Waals surface area contributed by atoms with Crippen LogP contribution in [0.5, 0.6) is 17.2 Å². The van der Waals surface area contributed by atoms with Gasteiger partial charge in [0.15, 0.2) is 17.6 Å². The number of hydrogen-bond donors (Lipinski definition) is 7. The molecule has 2 fully saturated rings. The quantitative estimate of drug-likeness (QED) is 0.0809. The molecule has 1 saturated carbocycles. The molecule has 4 rings (SSSR count). The highest BCUT2D eigenvalue weighted by Crippen LogP contribution is 2.39. The van der Waals surface area contributed by atoms with Crippen molar-refractivity contribution in [2.75, 3.05) is 26.9 Å². The van der Waals surface area contributed by atoms with Gasteiger partial charge in [-0.1, -0.05) is 18.2 Å². The zero-order valence-electron chi connectivity index (χ0n) is 27.1. The molecule has 0 amide bonds. The van der Waals surface area contributed by atoms with Crippen molar-refractivity contribution in [3.8, 4) is 17.2 Å². The SMILES string of the molecule is COc1cc(/C=C\C(=O)OC[C@H]2O[C@@](CO)(O[C@@H]3C[C@H](COC(C)=O)[C@@H](O)[C@H](O)[C@H]3O)[C@@H](OC(=O)/C=C/c3ccc(O)cc3)[C@@H]2O)ccc1O. The maximum atomic E-state index is 12.9. The lowest BCUT2D eigenvalue weighted by atomic mass is 9.81. The number of methoxy groups -OCH3 is 1. The highest BCUT2D eigenvalue weighted by Gasteiger charge is 2.60. The number of esters is 3. The Morgan fingerprint density at radius 1 is 0.860 bits per heavy atom. The lowest BCUT2D eigenvalue weighted by molar-refractivity contribution is -0.320. The number of aliphatic hydroxyl groups excluding tert-OH is 5. The van der Waals surface area contributed by atoms with Crippen LogP contribution < -0.4 is 4.74 Å². The van der Waals surface area contributed by atoms with Crippen LogP contribution in [0.3, 0.4) is 0 Å². The molecule has 1 aliphatic heterocycles. The number of carbonyl (C=O) groups excluding carboxylic acids is 3. The summed E-state index contributed by atoms with van der Waals surface area (Å²) < 4.78 is 32.6. The van der Waals surface area contributed by atoms with Crippen LogP contribution in [0.15, 0.2) is 54.6 Å². The van der Waals surface area contributed by atoms with Gasteiger partial charge < -0.3 is 64.2 Å². The van der Waals surface area contributed by atoms with Crippen molar-refractivity contribution in [3.63, 3.8) is 0 Å². The zero-order valence-corrected chi connectivity index (χ0v) is 27.1. The van der Waals surface area contributed by atoms with Crippen LogP contribution >= 0.6 is 0 Å². The fraction of sp³-hybridized carbons (Fsp3) is 0.441. The number of carbonyl (C=O) groups is 3. The number of phenolic OH excluding ortho intramolecular Hbond substituents is 2. The van der Waals surface area contributed by atoms with Crippen LogP contribution in [-0.2, 0) is 38.1 Å². The fourth-order valence-corrected chi connectivity index (χ4v) is 5.53. The summed E-state index contributed by atoms with van der Waals surface area (Å²) in [6.45, 7) is -0.910. The number of benzene rings is 2. The molecule has 16 heteroatoms. The molecule has 272 valence electrons. The third-order valence-corrected chi connectivity index (χ3v) is 8.20. The molecule has 2 aromatic carbocycles. The van der Waals surface area contributed by atoms with Gasteiger partial charge in [-0.3, -0.25) is 4.79 Å². The minimum absolute atomic E-state index is 0.00119. The lowest BCUT2D eigenvalue weighted by Crippen LogP contribution is -2.60. The highest BCUT2D eigenvalue weighted by molar-refractivity contribution is 5.88. The Balaban J connectivity index is 1.54. The highest BCUT2D eigenvalue weighted by atomic mass is 16.8. The summed E-state index contributed by atoms with van der Waals surface area (Å²) in [6, 6.07) is 10.2. The first-order valence-corrected chi connectivity index (χ1v) is 15.5. The van der Waals surface area contributed by atoms with E-state index in [1.54, 1.807) is 0 Å². The van der Waals surface area contributed by atoms with Gasteiger partial charge >= 0.3 is 17.9 Å². The summed E-state index contributed by atoms with van der Waals surface area (Å²) in [7, 11) is 1.36. The van der Waals surface area contributed by atoms with E-state index >= 15 is 0 Å². The Hall–Kier alpha value is -4.55. The maximum Gasteiger partial charge on any atom is 0.331 e. The molecule has 7 N–H and O–H groups in total. The lowest BCUT2D eigenvalue weighted by Gasteiger charge is -2.44. The molecule has 1 heterocycles. The van der Waals surface area contributed by atoms with Crippen molar-refractivity contribution in [1.82, 2.24) is 0 Å². The van der Waals surface area contributed by atoms with Gasteiger partial charge in [0.25, 0.3) is 0 Å². The summed E-state index contributed by atoms with van der Waals surface area (Å²) in [4.78, 5) is 36.9. The Morgan fingerprint density at radius 3 is 2.18 bits per heavy atom. The van der Waals surface area contributed by atoms with Crippen LogP contribution in [0.1, 0.15) is 24.5 Å². The number of ether oxygens (including phenoxy) is 6. The third-order valence-electron chi connectivity index (χ3n) is 8.20. The third kappa shape index (κ3) is 9.36. The summed E-state index contributed by atoms with van der Waals surface area (Å²) in [5, 5.41) is 73.0. The van der Waals surface area contributed by atoms with E-state index in [-0.39, 0.29) is 30.3 Å². The van der Waals surface area contributed by atoms with Crippen LogP contribution in [0.2, 0.25) is 0 Å². The standard InChI is InChI=1S/C34H40O16/c1-18(36)46-15-21-14-25(30(42)32(44)29(21)41)49-34(17-35)33(48-28(40)12-6-19-3-8-22(37)9-4-19)31(43)26(50-34)16-47-27(39)11-7-20-5-10-23(38)24(13-20)45-2/h3-13,21,25-26,29-33,35,37-38,41-44H,14-17H2,1-2H3/b11-7-,12-6+/t21-,25-,26-,29-,30+,31-,32+,33+,34-/m1/s1. The molecule has 1 saturated heterocycles. The number of aliphatic hydroxyl groups is 5. The summed E-state index contributed by atoms with van der Waals surface area (Å²) in [6.07, 6.45) is -6.98. The van der Waals surface area contributed by atoms with Crippen LogP contribution in [0.4, 0.5) is 0 Å². The first-order valence-electron chi connectivity index (χ1n) is 15.5. The number of hydrogen-bond acceptors (Lipinski definition) is 16. The molecule has 9 atom stereocenters. The second kappa shape index (κ2) is 16.9. The minimum Gasteiger partial charge on any atom is -0.508 e. The molecule has 0 spiro atoms. The zero-order chi connectivity index (χ0) is 36.6. The topological polar surface area (TPSA) is 248 Å². The van der Waals surface area contributed by atoms with Gasteiger partial charge in [-0.2, -0.15) is 0 Å². The Kier molecular flexibility index (Phi) is 12.9. The normalized spacial score (nSPS) is 29.6. The van der Waals surface area contributed by atoms with E-state index in [0.29, 0.717) is 11.1 Å². The molecule has 0 aromatic heterocycles. The molecule has 16 nitrogen and oxygen atoms in total. The molecule has 1 aliphatic carbocycles. The smallest absolute Gasteiger partial charge is 0.331 e. The average Bonchev–Trinajstić information content (AvgIpc) is 3.35. The first-order chi connectivity index (χ1) is 23.8. The van der Waals surface area contributed by atoms with Crippen molar-refractivity contribution in [2.45, 2.75) is 61.9 Å². The molecule has 50 heavy (non-hydrogen) atoms. The van der Waals surface area contributed by atoms with Crippen molar-refractivity contribution >= 4 is 30.1 Å². The van der Waals surface area contributed by atoms with E-state index in [9.17, 15) is 50.1 Å². The second-order valence-corrected chi connectivity index (χ2v) is 11.7. The van der Waals surface area contributed by atoms with Crippen molar-refractivity contribution < 1.29 is 78.6 Å². The number of aromatic hydroxyl groups is 2. The van der Waals surface area contributed by atoms with Crippen LogP contribution in [0.25, 0.3) is 12.2 Å². The Labute approximate surface area is 286 Å². The molecular formula is C34H40O16. The molecule has 0 bridgehead atoms. The second-order valence-electron chi connectivity index (χ2n) is 11.7. The monoisotopic (exact) mass is 704 g/mol. The Morgan fingerprint density at radius 2 is 1.52 bits per heavy atom. The van der Waals surface area contributed by atoms with Gasteiger partial charge in [0.2, 0.25) is 5.79 Å². The van der Waals surface area contributed by atoms with Gasteiger partial charge in [0.05, 0.1) is 25.9 Å². The maximum absolute atomic E-state index is 12.9. The van der Waals surface area contributed by atoms with Crippen molar-refractivity contribution in [3.05, 3.63) is 65.7 Å². The van der Waals surface area contributed by atoms with Gasteiger partial charge in [0.1, 0.15) is 43.4 Å². The minimum atomic E-state index is -2.39. The first kappa shape index (κ1) is 38.3. The largest absolute Gasteiger partial charge is 0.508 e. The summed E-state index contributed by atoms with van der Waals surface area (Å²) >= 11 is 0. The van der Waals surface area contributed by atoms with Gasteiger partial charge in [-0.25, -0.2) is 9.59 Å². The van der Waals surface area contributed by atoms with Gasteiger partial charge in [0, 0.05) is 25.0 Å². The number of phenols is 2.